The smallest absolute Gasteiger partial charge is 0.303 e. The molecule has 18 heavy (non-hydrogen) atoms. The topological polar surface area (TPSA) is 92.4 Å². The van der Waals surface area contributed by atoms with Gasteiger partial charge in [-0.25, -0.2) is 4.98 Å². The van der Waals surface area contributed by atoms with Gasteiger partial charge >= 0.3 is 5.97 Å². The highest BCUT2D eigenvalue weighted by Crippen LogP contribution is 2.12. The fourth-order valence-corrected chi connectivity index (χ4v) is 1.51. The number of carboxylic acid groups (broad SMARTS) is 1. The third-order valence-corrected chi connectivity index (χ3v) is 2.43. The van der Waals surface area contributed by atoms with Crippen LogP contribution in [-0.4, -0.2) is 22.0 Å². The van der Waals surface area contributed by atoms with Gasteiger partial charge in [-0.3, -0.25) is 9.59 Å². The van der Waals surface area contributed by atoms with Crippen LogP contribution in [0.2, 0.25) is 0 Å². The van der Waals surface area contributed by atoms with Crippen LogP contribution in [0.4, 0.5) is 0 Å². The van der Waals surface area contributed by atoms with Crippen LogP contribution in [0.25, 0.3) is 0 Å². The maximum atomic E-state index is 11.6. The number of carbonyl (C=O) groups excluding carboxylic acids is 1. The van der Waals surface area contributed by atoms with Crippen molar-refractivity contribution in [3.05, 3.63) is 17.8 Å². The molecule has 0 aromatic carbocycles. The molecular weight excluding hydrogens is 236 g/mol. The number of rotatable bonds is 7. The van der Waals surface area contributed by atoms with Gasteiger partial charge in [0.1, 0.15) is 11.8 Å². The second-order valence-corrected chi connectivity index (χ2v) is 4.20. The van der Waals surface area contributed by atoms with Crippen LogP contribution in [0, 0.1) is 6.92 Å². The van der Waals surface area contributed by atoms with Crippen molar-refractivity contribution in [1.29, 1.82) is 0 Å². The van der Waals surface area contributed by atoms with Crippen LogP contribution in [0.3, 0.4) is 0 Å². The Morgan fingerprint density at radius 2 is 2.11 bits per heavy atom. The monoisotopic (exact) mass is 254 g/mol. The number of unbranched alkanes of at least 4 members (excludes halogenated alkanes) is 1. The van der Waals surface area contributed by atoms with E-state index in [1.165, 1.54) is 0 Å². The second kappa shape index (κ2) is 6.78. The Kier molecular flexibility index (Phi) is 5.35. The Balaban J connectivity index is 2.25. The minimum absolute atomic E-state index is 0.0990. The molecule has 0 aliphatic carbocycles. The largest absolute Gasteiger partial charge is 0.481 e. The van der Waals surface area contributed by atoms with Gasteiger partial charge in [-0.15, -0.1) is 0 Å². The number of carboxylic acids is 1. The molecule has 1 rings (SSSR count). The molecule has 0 saturated heterocycles. The van der Waals surface area contributed by atoms with Gasteiger partial charge in [0.05, 0.1) is 6.20 Å². The highest BCUT2D eigenvalue weighted by Gasteiger charge is 2.13. The zero-order valence-electron chi connectivity index (χ0n) is 10.6. The molecule has 100 valence electrons. The molecule has 6 heteroatoms. The summed E-state index contributed by atoms with van der Waals surface area (Å²) in [7, 11) is 0. The summed E-state index contributed by atoms with van der Waals surface area (Å²) >= 11 is 0. The summed E-state index contributed by atoms with van der Waals surface area (Å²) in [5, 5.41) is 11.2. The lowest BCUT2D eigenvalue weighted by Crippen LogP contribution is -2.26. The molecule has 0 radical (unpaired) electrons. The van der Waals surface area contributed by atoms with Gasteiger partial charge in [0, 0.05) is 12.8 Å². The number of oxazole rings is 1. The number of nitrogens with one attached hydrogen (secondary N) is 1. The Bertz CT molecular complexity index is 414. The van der Waals surface area contributed by atoms with Crippen molar-refractivity contribution in [2.24, 2.45) is 0 Å². The second-order valence-electron chi connectivity index (χ2n) is 4.20. The molecule has 0 fully saturated rings. The normalized spacial score (nSPS) is 12.1. The molecule has 6 nitrogen and oxygen atoms in total. The van der Waals surface area contributed by atoms with Gasteiger partial charge in [-0.2, -0.15) is 0 Å². The predicted molar refractivity (Wildman–Crippen MR) is 63.9 cm³/mol. The van der Waals surface area contributed by atoms with Crippen molar-refractivity contribution in [1.82, 2.24) is 10.3 Å². The van der Waals surface area contributed by atoms with Crippen molar-refractivity contribution >= 4 is 11.9 Å². The van der Waals surface area contributed by atoms with E-state index in [0.29, 0.717) is 30.9 Å². The molecule has 0 spiro atoms. The highest BCUT2D eigenvalue weighted by atomic mass is 16.4. The van der Waals surface area contributed by atoms with Crippen molar-refractivity contribution < 1.29 is 19.1 Å². The molecule has 0 bridgehead atoms. The van der Waals surface area contributed by atoms with Gasteiger partial charge in [0.2, 0.25) is 11.8 Å². The Morgan fingerprint density at radius 1 is 1.44 bits per heavy atom. The Hall–Kier alpha value is -1.85. The number of amides is 1. The molecule has 1 heterocycles. The molecule has 1 aromatic heterocycles. The number of aliphatic carboxylic acids is 1. The van der Waals surface area contributed by atoms with E-state index in [1.807, 2.05) is 0 Å². The molecule has 0 aliphatic heterocycles. The van der Waals surface area contributed by atoms with E-state index < -0.39 is 5.97 Å². The van der Waals surface area contributed by atoms with E-state index in [9.17, 15) is 9.59 Å². The summed E-state index contributed by atoms with van der Waals surface area (Å²) in [6.45, 7) is 3.58. The van der Waals surface area contributed by atoms with Crippen molar-refractivity contribution in [3.8, 4) is 0 Å². The molecular formula is C12H18N2O4. The Morgan fingerprint density at radius 3 is 2.67 bits per heavy atom. The zero-order chi connectivity index (χ0) is 13.5. The molecule has 1 unspecified atom stereocenters. The highest BCUT2D eigenvalue weighted by molar-refractivity contribution is 5.76. The van der Waals surface area contributed by atoms with Crippen LogP contribution in [0.1, 0.15) is 50.3 Å². The lowest BCUT2D eigenvalue weighted by Gasteiger charge is -2.10. The van der Waals surface area contributed by atoms with E-state index in [2.05, 4.69) is 10.3 Å². The van der Waals surface area contributed by atoms with Gasteiger partial charge in [0.25, 0.3) is 0 Å². The van der Waals surface area contributed by atoms with Gasteiger partial charge in [-0.05, 0) is 26.7 Å². The first kappa shape index (κ1) is 14.2. The van der Waals surface area contributed by atoms with Crippen LogP contribution >= 0.6 is 0 Å². The lowest BCUT2D eigenvalue weighted by molar-refractivity contribution is -0.137. The molecule has 2 N–H and O–H groups in total. The van der Waals surface area contributed by atoms with Crippen LogP contribution in [0.15, 0.2) is 10.6 Å². The first-order valence-corrected chi connectivity index (χ1v) is 5.92. The summed E-state index contributed by atoms with van der Waals surface area (Å²) in [5.41, 5.74) is 0. The van der Waals surface area contributed by atoms with Crippen LogP contribution in [0.5, 0.6) is 0 Å². The van der Waals surface area contributed by atoms with E-state index >= 15 is 0 Å². The van der Waals surface area contributed by atoms with Gasteiger partial charge in [0.15, 0.2) is 0 Å². The first-order chi connectivity index (χ1) is 8.49. The molecule has 1 amide bonds. The molecule has 1 atom stereocenters. The maximum absolute atomic E-state index is 11.6. The quantitative estimate of drug-likeness (QED) is 0.724. The van der Waals surface area contributed by atoms with Crippen molar-refractivity contribution in [3.63, 3.8) is 0 Å². The average Bonchev–Trinajstić information content (AvgIpc) is 2.71. The number of aryl methyl sites for hydroxylation is 1. The molecule has 0 aliphatic rings. The Labute approximate surface area is 105 Å². The standard InChI is InChI=1S/C12H18N2O4/c1-8-7-13-12(18-8)9(2)14-10(15)5-3-4-6-11(16)17/h7,9H,3-6H2,1-2H3,(H,14,15)(H,16,17). The molecule has 1 aromatic rings. The van der Waals surface area contributed by atoms with E-state index in [-0.39, 0.29) is 18.4 Å². The van der Waals surface area contributed by atoms with E-state index in [1.54, 1.807) is 20.0 Å². The van der Waals surface area contributed by atoms with Crippen LogP contribution in [-0.2, 0) is 9.59 Å². The number of nitrogens with zero attached hydrogens (tertiary/aromatic N) is 1. The summed E-state index contributed by atoms with van der Waals surface area (Å²) in [6, 6.07) is -0.273. The van der Waals surface area contributed by atoms with Crippen molar-refractivity contribution in [2.45, 2.75) is 45.6 Å². The minimum atomic E-state index is -0.834. The average molecular weight is 254 g/mol. The lowest BCUT2D eigenvalue weighted by atomic mass is 10.2. The third-order valence-electron chi connectivity index (χ3n) is 2.43. The molecule has 0 saturated carbocycles. The van der Waals surface area contributed by atoms with Gasteiger partial charge in [-0.1, -0.05) is 0 Å². The van der Waals surface area contributed by atoms with Gasteiger partial charge < -0.3 is 14.8 Å². The number of hydrogen-bond acceptors (Lipinski definition) is 4. The summed E-state index contributed by atoms with van der Waals surface area (Å²) in [4.78, 5) is 25.9. The number of aromatic nitrogens is 1. The SMILES string of the molecule is Cc1cnc(C(C)NC(=O)CCCCC(=O)O)o1. The summed E-state index contributed by atoms with van der Waals surface area (Å²) in [5.74, 6) is 0.224. The van der Waals surface area contributed by atoms with Crippen molar-refractivity contribution in [2.75, 3.05) is 0 Å². The zero-order valence-corrected chi connectivity index (χ0v) is 10.6. The maximum Gasteiger partial charge on any atom is 0.303 e. The van der Waals surface area contributed by atoms with E-state index in [0.717, 1.165) is 0 Å². The summed E-state index contributed by atoms with van der Waals surface area (Å²) in [6.07, 6.45) is 3.09. The number of carbonyl (C=O) groups is 2. The fourth-order valence-electron chi connectivity index (χ4n) is 1.51. The van der Waals surface area contributed by atoms with Crippen LogP contribution < -0.4 is 5.32 Å². The number of hydrogen-bond donors (Lipinski definition) is 2. The fraction of sp³-hybridized carbons (Fsp3) is 0.583. The summed E-state index contributed by atoms with van der Waals surface area (Å²) < 4.78 is 5.30. The minimum Gasteiger partial charge on any atom is -0.481 e. The van der Waals surface area contributed by atoms with E-state index in [4.69, 9.17) is 9.52 Å². The first-order valence-electron chi connectivity index (χ1n) is 5.92. The third kappa shape index (κ3) is 4.99. The predicted octanol–water partition coefficient (Wildman–Crippen LogP) is 1.81.